The van der Waals surface area contributed by atoms with Crippen LogP contribution in [0.25, 0.3) is 113 Å². The van der Waals surface area contributed by atoms with Crippen molar-refractivity contribution in [2.24, 2.45) is 0 Å². The molecule has 0 saturated carbocycles. The van der Waals surface area contributed by atoms with Crippen molar-refractivity contribution < 1.29 is 4.42 Å². The average molecular weight is 783 g/mol. The molecular formula is C54H34N6O. The third kappa shape index (κ3) is 6.80. The van der Waals surface area contributed by atoms with Crippen LogP contribution in [-0.2, 0) is 0 Å². The molecule has 0 fully saturated rings. The Morgan fingerprint density at radius 3 is 1.26 bits per heavy atom. The second-order valence-electron chi connectivity index (χ2n) is 14.7. The topological polar surface area (TPSA) is 90.5 Å². The Hall–Kier alpha value is -8.42. The first kappa shape index (κ1) is 35.7. The molecule has 11 aromatic rings. The number of nitrogens with zero attached hydrogens (tertiary/aromatic N) is 6. The van der Waals surface area contributed by atoms with Crippen molar-refractivity contribution in [3.05, 3.63) is 206 Å². The van der Waals surface area contributed by atoms with Gasteiger partial charge in [-0.2, -0.15) is 0 Å². The van der Waals surface area contributed by atoms with Gasteiger partial charge in [-0.25, -0.2) is 29.9 Å². The molecule has 61 heavy (non-hydrogen) atoms. The van der Waals surface area contributed by atoms with E-state index in [4.69, 9.17) is 34.3 Å². The molecule has 0 radical (unpaired) electrons. The first-order chi connectivity index (χ1) is 30.2. The van der Waals surface area contributed by atoms with Crippen LogP contribution in [0.3, 0.4) is 0 Å². The van der Waals surface area contributed by atoms with Gasteiger partial charge < -0.3 is 4.42 Å². The van der Waals surface area contributed by atoms with Crippen LogP contribution in [0.1, 0.15) is 0 Å². The van der Waals surface area contributed by atoms with E-state index >= 15 is 0 Å². The summed E-state index contributed by atoms with van der Waals surface area (Å²) in [6, 6.07) is 69.3. The van der Waals surface area contributed by atoms with Crippen molar-refractivity contribution in [1.82, 2.24) is 29.9 Å². The van der Waals surface area contributed by atoms with Gasteiger partial charge in [0.05, 0.1) is 0 Å². The number of hydrogen-bond donors (Lipinski definition) is 0. The van der Waals surface area contributed by atoms with E-state index in [0.29, 0.717) is 34.9 Å². The highest BCUT2D eigenvalue weighted by molar-refractivity contribution is 6.10. The fraction of sp³-hybridized carbons (Fsp3) is 0. The van der Waals surface area contributed by atoms with Crippen molar-refractivity contribution in [3.8, 4) is 90.6 Å². The van der Waals surface area contributed by atoms with E-state index in [-0.39, 0.29) is 0 Å². The van der Waals surface area contributed by atoms with Gasteiger partial charge in [0.1, 0.15) is 11.2 Å². The normalized spacial score (nSPS) is 11.3. The summed E-state index contributed by atoms with van der Waals surface area (Å²) in [5.74, 6) is 3.28. The number of para-hydroxylation sites is 2. The molecule has 7 heteroatoms. The SMILES string of the molecule is c1ccc(-c2nc(-c3ccc(-c4cccc5c4oc4ccccc45)c(-c4nc(-c5ccccc5)nc(-c5ccccc5)n4)c3)nc(-c3ccccc3-c3ccccc3)n2)cc1. The van der Waals surface area contributed by atoms with E-state index in [0.717, 1.165) is 77.6 Å². The standard InChI is InChI=1S/C54H34N6O/c1-5-18-35(19-6-1)40-26-13-14-28-45(40)53-57-51(38-24-11-4-12-25-38)56-52(60-53)39-32-33-41(43-29-17-30-44-42-27-15-16-31-47(42)61-48(43)44)46(34-39)54-58-49(36-20-7-2-8-21-36)55-50(59-54)37-22-9-3-10-23-37/h1-34H. The third-order valence-corrected chi connectivity index (χ3v) is 10.8. The van der Waals surface area contributed by atoms with Gasteiger partial charge in [0.2, 0.25) is 0 Å². The molecule has 0 amide bonds. The summed E-state index contributed by atoms with van der Waals surface area (Å²) in [4.78, 5) is 30.9. The van der Waals surface area contributed by atoms with E-state index in [2.05, 4.69) is 66.7 Å². The number of benzene rings is 8. The van der Waals surface area contributed by atoms with Crippen molar-refractivity contribution in [2.75, 3.05) is 0 Å². The van der Waals surface area contributed by atoms with Crippen LogP contribution in [0, 0.1) is 0 Å². The van der Waals surface area contributed by atoms with Gasteiger partial charge in [-0.1, -0.05) is 194 Å². The summed E-state index contributed by atoms with van der Waals surface area (Å²) in [6.45, 7) is 0. The second-order valence-corrected chi connectivity index (χ2v) is 14.7. The Balaban J connectivity index is 1.18. The number of aromatic nitrogens is 6. The van der Waals surface area contributed by atoms with Crippen LogP contribution >= 0.6 is 0 Å². The van der Waals surface area contributed by atoms with E-state index in [9.17, 15) is 0 Å². The Morgan fingerprint density at radius 1 is 0.246 bits per heavy atom. The first-order valence-electron chi connectivity index (χ1n) is 20.1. The minimum Gasteiger partial charge on any atom is -0.455 e. The van der Waals surface area contributed by atoms with E-state index in [1.807, 2.05) is 140 Å². The molecule has 3 heterocycles. The molecule has 0 saturated heterocycles. The van der Waals surface area contributed by atoms with Gasteiger partial charge in [-0.15, -0.1) is 0 Å². The monoisotopic (exact) mass is 782 g/mol. The van der Waals surface area contributed by atoms with Crippen molar-refractivity contribution >= 4 is 21.9 Å². The van der Waals surface area contributed by atoms with Crippen LogP contribution < -0.4 is 0 Å². The molecule has 11 rings (SSSR count). The minimum atomic E-state index is 0.504. The average Bonchev–Trinajstić information content (AvgIpc) is 3.74. The Kier molecular flexibility index (Phi) is 9.02. The van der Waals surface area contributed by atoms with Crippen molar-refractivity contribution in [1.29, 1.82) is 0 Å². The lowest BCUT2D eigenvalue weighted by molar-refractivity contribution is 0.670. The molecule has 0 atom stereocenters. The molecule has 7 nitrogen and oxygen atoms in total. The van der Waals surface area contributed by atoms with E-state index in [1.165, 1.54) is 0 Å². The predicted molar refractivity (Wildman–Crippen MR) is 244 cm³/mol. The highest BCUT2D eigenvalue weighted by Gasteiger charge is 2.22. The van der Waals surface area contributed by atoms with Gasteiger partial charge in [-0.3, -0.25) is 0 Å². The molecule has 0 spiro atoms. The van der Waals surface area contributed by atoms with Crippen LogP contribution in [-0.4, -0.2) is 29.9 Å². The van der Waals surface area contributed by atoms with Crippen LogP contribution in [0.4, 0.5) is 0 Å². The summed E-state index contributed by atoms with van der Waals surface area (Å²) in [5, 5.41) is 2.08. The molecule has 286 valence electrons. The third-order valence-electron chi connectivity index (χ3n) is 10.8. The molecule has 0 aliphatic rings. The van der Waals surface area contributed by atoms with Crippen LogP contribution in [0.5, 0.6) is 0 Å². The highest BCUT2D eigenvalue weighted by Crippen LogP contribution is 2.41. The van der Waals surface area contributed by atoms with Gasteiger partial charge in [0, 0.05) is 49.7 Å². The van der Waals surface area contributed by atoms with E-state index < -0.39 is 0 Å². The van der Waals surface area contributed by atoms with Crippen molar-refractivity contribution in [2.45, 2.75) is 0 Å². The molecule has 3 aromatic heterocycles. The Bertz CT molecular complexity index is 3300. The zero-order valence-electron chi connectivity index (χ0n) is 32.7. The number of rotatable bonds is 8. The van der Waals surface area contributed by atoms with Gasteiger partial charge in [0.25, 0.3) is 0 Å². The maximum Gasteiger partial charge on any atom is 0.164 e. The van der Waals surface area contributed by atoms with Gasteiger partial charge in [-0.05, 0) is 28.8 Å². The fourth-order valence-corrected chi connectivity index (χ4v) is 7.88. The maximum absolute atomic E-state index is 6.62. The highest BCUT2D eigenvalue weighted by atomic mass is 16.3. The van der Waals surface area contributed by atoms with Crippen LogP contribution in [0.2, 0.25) is 0 Å². The summed E-state index contributed by atoms with van der Waals surface area (Å²) in [5.41, 5.74) is 10.6. The van der Waals surface area contributed by atoms with Gasteiger partial charge >= 0.3 is 0 Å². The molecular weight excluding hydrogens is 749 g/mol. The lowest BCUT2D eigenvalue weighted by Gasteiger charge is -2.15. The Labute approximate surface area is 351 Å². The summed E-state index contributed by atoms with van der Waals surface area (Å²) in [7, 11) is 0. The second kappa shape index (κ2) is 15.4. The summed E-state index contributed by atoms with van der Waals surface area (Å²) < 4.78 is 6.62. The predicted octanol–water partition coefficient (Wildman–Crippen LogP) is 13.3. The molecule has 0 N–H and O–H groups in total. The summed E-state index contributed by atoms with van der Waals surface area (Å²) >= 11 is 0. The van der Waals surface area contributed by atoms with Crippen molar-refractivity contribution in [3.63, 3.8) is 0 Å². The molecule has 8 aromatic carbocycles. The first-order valence-corrected chi connectivity index (χ1v) is 20.1. The number of fused-ring (bicyclic) bond motifs is 3. The lowest BCUT2D eigenvalue weighted by atomic mass is 9.95. The number of hydrogen-bond acceptors (Lipinski definition) is 7. The zero-order chi connectivity index (χ0) is 40.5. The molecule has 0 aliphatic carbocycles. The summed E-state index contributed by atoms with van der Waals surface area (Å²) in [6.07, 6.45) is 0. The Morgan fingerprint density at radius 2 is 0.672 bits per heavy atom. The fourth-order valence-electron chi connectivity index (χ4n) is 7.88. The largest absolute Gasteiger partial charge is 0.455 e. The number of furan rings is 1. The lowest BCUT2D eigenvalue weighted by Crippen LogP contribution is -2.03. The maximum atomic E-state index is 6.62. The van der Waals surface area contributed by atoms with E-state index in [1.54, 1.807) is 0 Å². The molecule has 0 aliphatic heterocycles. The molecule has 0 bridgehead atoms. The quantitative estimate of drug-likeness (QED) is 0.152. The smallest absolute Gasteiger partial charge is 0.164 e. The van der Waals surface area contributed by atoms with Gasteiger partial charge in [0.15, 0.2) is 34.9 Å². The minimum absolute atomic E-state index is 0.504. The van der Waals surface area contributed by atoms with Crippen LogP contribution in [0.15, 0.2) is 211 Å². The molecule has 0 unspecified atom stereocenters. The zero-order valence-corrected chi connectivity index (χ0v) is 32.7.